The summed E-state index contributed by atoms with van der Waals surface area (Å²) in [4.78, 5) is -0.428. The zero-order chi connectivity index (χ0) is 12.6. The molecule has 0 aliphatic carbocycles. The summed E-state index contributed by atoms with van der Waals surface area (Å²) in [6.45, 7) is 5.03. The quantitative estimate of drug-likeness (QED) is 0.776. The molecule has 0 aliphatic rings. The average molecular weight is 246 g/mol. The molecule has 0 saturated heterocycles. The van der Waals surface area contributed by atoms with Crippen LogP contribution in [0.25, 0.3) is 0 Å². The predicted octanol–water partition coefficient (Wildman–Crippen LogP) is 1.48. The van der Waals surface area contributed by atoms with E-state index in [0.29, 0.717) is 0 Å². The summed E-state index contributed by atoms with van der Waals surface area (Å²) < 4.78 is 39.4. The molecule has 0 unspecified atom stereocenters. The van der Waals surface area contributed by atoms with Crippen molar-refractivity contribution in [1.82, 2.24) is 4.72 Å². The highest BCUT2D eigenvalue weighted by Crippen LogP contribution is 2.19. The maximum absolute atomic E-state index is 13.4. The molecule has 0 spiro atoms. The van der Waals surface area contributed by atoms with Crippen LogP contribution in [0, 0.1) is 5.82 Å². The van der Waals surface area contributed by atoms with Gasteiger partial charge in [-0.05, 0) is 39.0 Å². The molecule has 0 amide bonds. The molecule has 1 rings (SSSR count). The van der Waals surface area contributed by atoms with Gasteiger partial charge in [-0.25, -0.2) is 17.5 Å². The predicted molar refractivity (Wildman–Crippen MR) is 60.9 cm³/mol. The van der Waals surface area contributed by atoms with E-state index in [1.807, 2.05) is 0 Å². The topological polar surface area (TPSA) is 72.2 Å². The van der Waals surface area contributed by atoms with Gasteiger partial charge in [0.1, 0.15) is 10.7 Å². The van der Waals surface area contributed by atoms with E-state index in [1.165, 1.54) is 6.07 Å². The lowest BCUT2D eigenvalue weighted by Gasteiger charge is -2.20. The summed E-state index contributed by atoms with van der Waals surface area (Å²) in [5, 5.41) is 0. The van der Waals surface area contributed by atoms with Gasteiger partial charge in [-0.2, -0.15) is 0 Å². The van der Waals surface area contributed by atoms with E-state index >= 15 is 0 Å². The second-order valence-corrected chi connectivity index (χ2v) is 6.20. The normalized spacial score (nSPS) is 12.8. The number of benzene rings is 1. The van der Waals surface area contributed by atoms with E-state index in [9.17, 15) is 12.8 Å². The molecule has 90 valence electrons. The van der Waals surface area contributed by atoms with Crippen LogP contribution in [0.4, 0.5) is 10.1 Å². The summed E-state index contributed by atoms with van der Waals surface area (Å²) in [5.41, 5.74) is 4.96. The zero-order valence-corrected chi connectivity index (χ0v) is 10.2. The standard InChI is InChI=1S/C10H15FN2O2S/c1-10(2,3)13-16(14,15)9-6-7(12)4-5-8(9)11/h4-6,13H,12H2,1-3H3. The number of nitrogens with one attached hydrogen (secondary N) is 1. The van der Waals surface area contributed by atoms with Gasteiger partial charge < -0.3 is 5.73 Å². The fraction of sp³-hybridized carbons (Fsp3) is 0.400. The Morgan fingerprint density at radius 1 is 1.31 bits per heavy atom. The number of hydrogen-bond donors (Lipinski definition) is 2. The third kappa shape index (κ3) is 3.18. The van der Waals surface area contributed by atoms with Crippen molar-refractivity contribution in [2.45, 2.75) is 31.2 Å². The lowest BCUT2D eigenvalue weighted by molar-refractivity contribution is 0.486. The molecule has 0 radical (unpaired) electrons. The Kier molecular flexibility index (Phi) is 3.25. The highest BCUT2D eigenvalue weighted by Gasteiger charge is 2.24. The largest absolute Gasteiger partial charge is 0.399 e. The van der Waals surface area contributed by atoms with Crippen molar-refractivity contribution in [2.24, 2.45) is 0 Å². The summed E-state index contributed by atoms with van der Waals surface area (Å²) >= 11 is 0. The Labute approximate surface area is 94.7 Å². The van der Waals surface area contributed by atoms with Crippen LogP contribution < -0.4 is 10.5 Å². The van der Waals surface area contributed by atoms with Crippen LogP contribution in [0.3, 0.4) is 0 Å². The van der Waals surface area contributed by atoms with Crippen molar-refractivity contribution in [3.63, 3.8) is 0 Å². The molecule has 4 nitrogen and oxygen atoms in total. The van der Waals surface area contributed by atoms with Gasteiger partial charge in [0.25, 0.3) is 0 Å². The molecule has 0 heterocycles. The molecule has 6 heteroatoms. The minimum Gasteiger partial charge on any atom is -0.399 e. The first-order chi connectivity index (χ1) is 7.12. The van der Waals surface area contributed by atoms with Crippen molar-refractivity contribution < 1.29 is 12.8 Å². The molecule has 0 aliphatic heterocycles. The minimum absolute atomic E-state index is 0.204. The fourth-order valence-electron chi connectivity index (χ4n) is 1.18. The van der Waals surface area contributed by atoms with Gasteiger partial charge in [0, 0.05) is 11.2 Å². The first kappa shape index (κ1) is 12.9. The monoisotopic (exact) mass is 246 g/mol. The van der Waals surface area contributed by atoms with Crippen molar-refractivity contribution in [2.75, 3.05) is 5.73 Å². The molecule has 1 aromatic carbocycles. The van der Waals surface area contributed by atoms with Crippen molar-refractivity contribution >= 4 is 15.7 Å². The lowest BCUT2D eigenvalue weighted by atomic mass is 10.1. The maximum atomic E-state index is 13.4. The zero-order valence-electron chi connectivity index (χ0n) is 9.41. The number of sulfonamides is 1. The second-order valence-electron chi connectivity index (χ2n) is 4.55. The van der Waals surface area contributed by atoms with E-state index in [-0.39, 0.29) is 5.69 Å². The van der Waals surface area contributed by atoms with E-state index in [4.69, 9.17) is 5.73 Å². The van der Waals surface area contributed by atoms with E-state index in [0.717, 1.165) is 12.1 Å². The van der Waals surface area contributed by atoms with Gasteiger partial charge in [0.2, 0.25) is 10.0 Å². The third-order valence-electron chi connectivity index (χ3n) is 1.69. The van der Waals surface area contributed by atoms with Gasteiger partial charge in [-0.1, -0.05) is 0 Å². The van der Waals surface area contributed by atoms with Crippen molar-refractivity contribution in [3.05, 3.63) is 24.0 Å². The summed E-state index contributed by atoms with van der Waals surface area (Å²) in [5.74, 6) is -0.814. The Morgan fingerprint density at radius 3 is 2.38 bits per heavy atom. The molecular weight excluding hydrogens is 231 g/mol. The first-order valence-electron chi connectivity index (χ1n) is 4.71. The van der Waals surface area contributed by atoms with Crippen LogP contribution in [0.15, 0.2) is 23.1 Å². The smallest absolute Gasteiger partial charge is 0.244 e. The van der Waals surface area contributed by atoms with Gasteiger partial charge in [0.05, 0.1) is 0 Å². The second kappa shape index (κ2) is 4.03. The number of anilines is 1. The average Bonchev–Trinajstić information content (AvgIpc) is 2.04. The fourth-order valence-corrected chi connectivity index (χ4v) is 2.72. The molecule has 0 saturated carbocycles. The Hall–Kier alpha value is -1.14. The highest BCUT2D eigenvalue weighted by molar-refractivity contribution is 7.89. The van der Waals surface area contributed by atoms with Crippen LogP contribution in [0.2, 0.25) is 0 Å². The number of hydrogen-bond acceptors (Lipinski definition) is 3. The molecule has 0 bridgehead atoms. The van der Waals surface area contributed by atoms with E-state index in [1.54, 1.807) is 20.8 Å². The van der Waals surface area contributed by atoms with Gasteiger partial charge in [0.15, 0.2) is 0 Å². The Balaban J connectivity index is 3.22. The third-order valence-corrected chi connectivity index (χ3v) is 3.46. The number of nitrogens with two attached hydrogens (primary N) is 1. The van der Waals surface area contributed by atoms with Gasteiger partial charge in [-0.15, -0.1) is 0 Å². The van der Waals surface area contributed by atoms with E-state index < -0.39 is 26.3 Å². The Bertz CT molecular complexity index is 492. The number of rotatable bonds is 2. The van der Waals surface area contributed by atoms with Crippen LogP contribution in [-0.2, 0) is 10.0 Å². The highest BCUT2D eigenvalue weighted by atomic mass is 32.2. The van der Waals surface area contributed by atoms with E-state index in [2.05, 4.69) is 4.72 Å². The van der Waals surface area contributed by atoms with Crippen LogP contribution in [0.1, 0.15) is 20.8 Å². The molecular formula is C10H15FN2O2S. The number of nitrogen functional groups attached to an aromatic ring is 1. The lowest BCUT2D eigenvalue weighted by Crippen LogP contribution is -2.40. The molecule has 0 fully saturated rings. The molecule has 0 aromatic heterocycles. The molecule has 0 atom stereocenters. The van der Waals surface area contributed by atoms with Gasteiger partial charge in [-0.3, -0.25) is 0 Å². The maximum Gasteiger partial charge on any atom is 0.244 e. The SMILES string of the molecule is CC(C)(C)NS(=O)(=O)c1cc(N)ccc1F. The molecule has 3 N–H and O–H groups in total. The summed E-state index contributed by atoms with van der Waals surface area (Å²) in [7, 11) is -3.88. The molecule has 1 aromatic rings. The van der Waals surface area contributed by atoms with Crippen LogP contribution in [-0.4, -0.2) is 14.0 Å². The Morgan fingerprint density at radius 2 is 1.88 bits per heavy atom. The van der Waals surface area contributed by atoms with Gasteiger partial charge >= 0.3 is 0 Å². The van der Waals surface area contributed by atoms with Crippen molar-refractivity contribution in [1.29, 1.82) is 0 Å². The summed E-state index contributed by atoms with van der Waals surface area (Å²) in [6, 6.07) is 3.45. The number of halogens is 1. The minimum atomic E-state index is -3.88. The first-order valence-corrected chi connectivity index (χ1v) is 6.19. The van der Waals surface area contributed by atoms with Crippen molar-refractivity contribution in [3.8, 4) is 0 Å². The summed E-state index contributed by atoms with van der Waals surface area (Å²) in [6.07, 6.45) is 0. The van der Waals surface area contributed by atoms with Crippen LogP contribution in [0.5, 0.6) is 0 Å². The van der Waals surface area contributed by atoms with Crippen LogP contribution >= 0.6 is 0 Å². The molecule has 16 heavy (non-hydrogen) atoms.